The molecule has 9 heteroatoms. The molecule has 1 aliphatic heterocycles. The third-order valence-corrected chi connectivity index (χ3v) is 7.62. The molecule has 0 atom stereocenters. The Bertz CT molecular complexity index is 1380. The Balaban J connectivity index is 1.63. The lowest BCUT2D eigenvalue weighted by atomic mass is 9.93. The topological polar surface area (TPSA) is 85.9 Å². The average Bonchev–Trinajstić information content (AvgIpc) is 2.89. The van der Waals surface area contributed by atoms with Crippen molar-refractivity contribution in [3.63, 3.8) is 0 Å². The number of aromatic hydroxyl groups is 1. The molecule has 2 heterocycles. The molecule has 1 fully saturated rings. The van der Waals surface area contributed by atoms with Crippen LogP contribution in [0.3, 0.4) is 0 Å². The van der Waals surface area contributed by atoms with Crippen LogP contribution in [0.4, 0.5) is 0 Å². The summed E-state index contributed by atoms with van der Waals surface area (Å²) >= 11 is 12.3. The Hall–Kier alpha value is -3.00. The Kier molecular flexibility index (Phi) is 9.03. The third-order valence-electron chi connectivity index (χ3n) is 7.03. The molecule has 2 aromatic carbocycles. The largest absolute Gasteiger partial charge is 0.506 e. The molecule has 0 radical (unpaired) electrons. The number of methoxy groups -OCH3 is 1. The third kappa shape index (κ3) is 5.85. The quantitative estimate of drug-likeness (QED) is 0.372. The zero-order chi connectivity index (χ0) is 27.4. The van der Waals surface area contributed by atoms with Crippen molar-refractivity contribution in [3.05, 3.63) is 79.2 Å². The fourth-order valence-electron chi connectivity index (χ4n) is 4.94. The van der Waals surface area contributed by atoms with Gasteiger partial charge in [-0.1, -0.05) is 54.7 Å². The molecule has 7 nitrogen and oxygen atoms in total. The number of unbranched alkanes of at least 4 members (excludes halogenated alkanes) is 1. The molecule has 1 amide bonds. The summed E-state index contributed by atoms with van der Waals surface area (Å²) in [6.45, 7) is 6.66. The summed E-state index contributed by atoms with van der Waals surface area (Å²) in [5, 5.41) is 12.7. The predicted molar refractivity (Wildman–Crippen MR) is 152 cm³/mol. The molecule has 3 aromatic rings. The van der Waals surface area contributed by atoms with Gasteiger partial charge in [0.15, 0.2) is 0 Å². The molecule has 0 unspecified atom stereocenters. The van der Waals surface area contributed by atoms with E-state index in [1.807, 2.05) is 37.3 Å². The van der Waals surface area contributed by atoms with Gasteiger partial charge in [-0.15, -0.1) is 0 Å². The van der Waals surface area contributed by atoms with E-state index < -0.39 is 11.5 Å². The number of pyridine rings is 1. The van der Waals surface area contributed by atoms with E-state index in [9.17, 15) is 14.7 Å². The van der Waals surface area contributed by atoms with E-state index >= 15 is 0 Å². The summed E-state index contributed by atoms with van der Waals surface area (Å²) in [7, 11) is 1.56. The van der Waals surface area contributed by atoms with Crippen LogP contribution >= 0.6 is 23.2 Å². The summed E-state index contributed by atoms with van der Waals surface area (Å²) in [6.07, 6.45) is 2.30. The van der Waals surface area contributed by atoms with Crippen LogP contribution in [0.2, 0.25) is 10.0 Å². The number of H-pyrrole nitrogens is 1. The Morgan fingerprint density at radius 3 is 2.50 bits per heavy atom. The number of piperazine rings is 1. The number of nitrogens with zero attached hydrogens (tertiary/aromatic N) is 2. The molecule has 0 spiro atoms. The number of hydrogen-bond donors (Lipinski definition) is 2. The van der Waals surface area contributed by atoms with Gasteiger partial charge < -0.3 is 19.7 Å². The summed E-state index contributed by atoms with van der Waals surface area (Å²) in [5.74, 6) is -0.213. The van der Waals surface area contributed by atoms with Crippen LogP contribution < -0.4 is 10.3 Å². The molecule has 4 rings (SSSR count). The number of benzene rings is 2. The lowest BCUT2D eigenvalue weighted by Crippen LogP contribution is -2.49. The second-order valence-electron chi connectivity index (χ2n) is 9.59. The zero-order valence-corrected chi connectivity index (χ0v) is 23.5. The van der Waals surface area contributed by atoms with E-state index in [4.69, 9.17) is 27.9 Å². The number of aromatic amines is 1. The maximum Gasteiger partial charge on any atom is 0.264 e. The van der Waals surface area contributed by atoms with E-state index in [0.717, 1.165) is 24.0 Å². The number of carbonyl (C=O) groups is 1. The minimum atomic E-state index is -0.578. The van der Waals surface area contributed by atoms with Gasteiger partial charge in [0.05, 0.1) is 7.11 Å². The van der Waals surface area contributed by atoms with Crippen LogP contribution in [-0.2, 0) is 13.0 Å². The highest BCUT2D eigenvalue weighted by Crippen LogP contribution is 2.41. The molecule has 38 heavy (non-hydrogen) atoms. The van der Waals surface area contributed by atoms with E-state index in [2.05, 4.69) is 16.8 Å². The lowest BCUT2D eigenvalue weighted by Gasteiger charge is -2.35. The molecule has 1 aromatic heterocycles. The number of aromatic nitrogens is 1. The van der Waals surface area contributed by atoms with Gasteiger partial charge >= 0.3 is 0 Å². The molecule has 0 bridgehead atoms. The Labute approximate surface area is 232 Å². The number of rotatable bonds is 8. The first-order chi connectivity index (χ1) is 18.2. The highest BCUT2D eigenvalue weighted by molar-refractivity contribution is 6.35. The predicted octanol–water partition coefficient (Wildman–Crippen LogP) is 5.67. The van der Waals surface area contributed by atoms with Gasteiger partial charge in [-0.05, 0) is 49.1 Å². The Morgan fingerprint density at radius 1 is 1.11 bits per heavy atom. The van der Waals surface area contributed by atoms with Crippen molar-refractivity contribution in [1.82, 2.24) is 14.8 Å². The second kappa shape index (κ2) is 12.2. The van der Waals surface area contributed by atoms with Gasteiger partial charge in [0.2, 0.25) is 0 Å². The molecule has 202 valence electrons. The first-order valence-corrected chi connectivity index (χ1v) is 13.6. The number of halogens is 2. The molecule has 1 saturated heterocycles. The molecular weight excluding hydrogens is 525 g/mol. The van der Waals surface area contributed by atoms with Gasteiger partial charge in [-0.25, -0.2) is 0 Å². The minimum absolute atomic E-state index is 0.236. The van der Waals surface area contributed by atoms with Crippen LogP contribution in [-0.4, -0.2) is 59.1 Å². The number of ether oxygens (including phenoxy) is 1. The van der Waals surface area contributed by atoms with E-state index in [1.165, 1.54) is 0 Å². The van der Waals surface area contributed by atoms with Crippen molar-refractivity contribution in [2.45, 2.75) is 39.7 Å². The van der Waals surface area contributed by atoms with Crippen molar-refractivity contribution < 1.29 is 14.6 Å². The van der Waals surface area contributed by atoms with Crippen LogP contribution in [0.1, 0.15) is 46.9 Å². The van der Waals surface area contributed by atoms with Gasteiger partial charge in [-0.2, -0.15) is 0 Å². The van der Waals surface area contributed by atoms with Gasteiger partial charge in [0.1, 0.15) is 17.1 Å². The molecule has 2 N–H and O–H groups in total. The molecule has 0 saturated carbocycles. The average molecular weight is 559 g/mol. The van der Waals surface area contributed by atoms with Crippen molar-refractivity contribution in [2.24, 2.45) is 0 Å². The fraction of sp³-hybridized carbons (Fsp3) is 0.379. The summed E-state index contributed by atoms with van der Waals surface area (Å²) in [6, 6.07) is 11.0. The van der Waals surface area contributed by atoms with Crippen LogP contribution in [0, 0.1) is 6.92 Å². The lowest BCUT2D eigenvalue weighted by molar-refractivity contribution is 0.0623. The van der Waals surface area contributed by atoms with Crippen molar-refractivity contribution in [2.75, 3.05) is 33.3 Å². The van der Waals surface area contributed by atoms with E-state index in [1.54, 1.807) is 18.1 Å². The van der Waals surface area contributed by atoms with Gasteiger partial charge in [0, 0.05) is 59.6 Å². The Morgan fingerprint density at radius 2 is 1.84 bits per heavy atom. The van der Waals surface area contributed by atoms with Gasteiger partial charge in [0.25, 0.3) is 11.5 Å². The van der Waals surface area contributed by atoms with Crippen molar-refractivity contribution >= 4 is 29.1 Å². The summed E-state index contributed by atoms with van der Waals surface area (Å²) in [4.78, 5) is 33.5. The zero-order valence-electron chi connectivity index (χ0n) is 21.9. The molecular formula is C29H33Cl2N3O4. The highest BCUT2D eigenvalue weighted by atomic mass is 35.5. The highest BCUT2D eigenvalue weighted by Gasteiger charge is 2.30. The number of aryl methyl sites for hydroxylation is 2. The normalized spacial score (nSPS) is 14.1. The van der Waals surface area contributed by atoms with Crippen molar-refractivity contribution in [3.8, 4) is 22.6 Å². The number of nitrogens with one attached hydrogen (secondary N) is 1. The van der Waals surface area contributed by atoms with Gasteiger partial charge in [-0.3, -0.25) is 14.5 Å². The van der Waals surface area contributed by atoms with Crippen molar-refractivity contribution in [1.29, 1.82) is 0 Å². The van der Waals surface area contributed by atoms with E-state index in [0.29, 0.717) is 71.8 Å². The van der Waals surface area contributed by atoms with Crippen LogP contribution in [0.5, 0.6) is 11.5 Å². The first-order valence-electron chi connectivity index (χ1n) is 12.8. The number of amides is 1. The second-order valence-corrected chi connectivity index (χ2v) is 10.4. The maximum absolute atomic E-state index is 13.6. The summed E-state index contributed by atoms with van der Waals surface area (Å²) in [5.41, 5.74) is 2.75. The maximum atomic E-state index is 13.6. The SMILES string of the molecule is CCCCc1[nH]c(=O)c(C(=O)N2CCN(Cc3ccc(Cl)cc3Cl)CC2)c(O)c1-c1c(C)cccc1OC. The molecule has 1 aliphatic rings. The van der Waals surface area contributed by atoms with Crippen LogP contribution in [0.25, 0.3) is 11.1 Å². The van der Waals surface area contributed by atoms with Crippen LogP contribution in [0.15, 0.2) is 41.2 Å². The number of carbonyl (C=O) groups excluding carboxylic acids is 1. The number of hydrogen-bond acceptors (Lipinski definition) is 5. The fourth-order valence-corrected chi connectivity index (χ4v) is 5.40. The first kappa shape index (κ1) is 28.0. The molecule has 0 aliphatic carbocycles. The summed E-state index contributed by atoms with van der Waals surface area (Å²) < 4.78 is 5.60. The monoisotopic (exact) mass is 557 g/mol. The van der Waals surface area contributed by atoms with E-state index in [-0.39, 0.29) is 11.3 Å². The standard InChI is InChI=1S/C29H33Cl2N3O4/c1-4-5-8-22-25(24-18(2)7-6-9-23(24)38-3)27(35)26(28(36)32-22)29(37)34-14-12-33(13-15-34)17-19-10-11-20(30)16-21(19)31/h6-7,9-11,16H,4-5,8,12-15,17H2,1-3H3,(H2,32,35,36). The smallest absolute Gasteiger partial charge is 0.264 e. The minimum Gasteiger partial charge on any atom is -0.506 e.